The first-order valence-electron chi connectivity index (χ1n) is 9.08. The van der Waals surface area contributed by atoms with Gasteiger partial charge in [-0.25, -0.2) is 8.42 Å². The van der Waals surface area contributed by atoms with Crippen LogP contribution in [0, 0.1) is 13.8 Å². The van der Waals surface area contributed by atoms with Gasteiger partial charge >= 0.3 is 0 Å². The largest absolute Gasteiger partial charge is 0.493 e. The molecule has 1 heterocycles. The van der Waals surface area contributed by atoms with Crippen molar-refractivity contribution in [3.05, 3.63) is 52.0 Å². The summed E-state index contributed by atoms with van der Waals surface area (Å²) >= 11 is 3.40. The van der Waals surface area contributed by atoms with Gasteiger partial charge in [0.1, 0.15) is 5.75 Å². The third-order valence-electron chi connectivity index (χ3n) is 5.00. The quantitative estimate of drug-likeness (QED) is 0.688. The molecule has 1 saturated heterocycles. The van der Waals surface area contributed by atoms with Crippen LogP contribution in [0.4, 0.5) is 5.69 Å². The van der Waals surface area contributed by atoms with Gasteiger partial charge < -0.3 is 9.64 Å². The van der Waals surface area contributed by atoms with Crippen molar-refractivity contribution in [2.24, 2.45) is 0 Å². The molecule has 5 nitrogen and oxygen atoms in total. The topological polar surface area (TPSA) is 49.9 Å². The summed E-state index contributed by atoms with van der Waals surface area (Å²) in [6, 6.07) is 11.2. The summed E-state index contributed by atoms with van der Waals surface area (Å²) in [5.74, 6) is 0.549. The molecule has 1 fully saturated rings. The molecule has 1 aliphatic heterocycles. The number of benzene rings is 2. The Balaban J connectivity index is 1.77. The Labute approximate surface area is 170 Å². The second-order valence-electron chi connectivity index (χ2n) is 6.64. The summed E-state index contributed by atoms with van der Waals surface area (Å²) in [5, 5.41) is 0. The first kappa shape index (κ1) is 20.2. The van der Waals surface area contributed by atoms with Crippen LogP contribution in [0.1, 0.15) is 18.1 Å². The highest BCUT2D eigenvalue weighted by Crippen LogP contribution is 2.30. The number of anilines is 1. The molecule has 2 aromatic carbocycles. The predicted octanol–water partition coefficient (Wildman–Crippen LogP) is 3.98. The summed E-state index contributed by atoms with van der Waals surface area (Å²) in [6.45, 7) is 8.87. The number of nitrogens with zero attached hydrogens (tertiary/aromatic N) is 2. The van der Waals surface area contributed by atoms with Gasteiger partial charge in [-0.15, -0.1) is 0 Å². The zero-order chi connectivity index (χ0) is 19.6. The van der Waals surface area contributed by atoms with Gasteiger partial charge in [0.25, 0.3) is 0 Å². The summed E-state index contributed by atoms with van der Waals surface area (Å²) in [4.78, 5) is 2.54. The Hall–Kier alpha value is -1.57. The molecule has 0 amide bonds. The Morgan fingerprint density at radius 1 is 1.07 bits per heavy atom. The lowest BCUT2D eigenvalue weighted by Crippen LogP contribution is -2.48. The molecule has 0 bridgehead atoms. The molecule has 2 aromatic rings. The molecule has 146 valence electrons. The third kappa shape index (κ3) is 4.15. The van der Waals surface area contributed by atoms with Gasteiger partial charge in [-0.05, 0) is 66.0 Å². The molecule has 0 atom stereocenters. The number of hydrogen-bond donors (Lipinski definition) is 0. The first-order chi connectivity index (χ1) is 12.8. The fourth-order valence-corrected chi connectivity index (χ4v) is 5.11. The van der Waals surface area contributed by atoms with Gasteiger partial charge in [-0.1, -0.05) is 12.1 Å². The maximum atomic E-state index is 13.1. The fraction of sp³-hybridized carbons (Fsp3) is 0.400. The number of sulfonamides is 1. The molecular formula is C20H25BrN2O3S. The van der Waals surface area contributed by atoms with Gasteiger partial charge in [-0.3, -0.25) is 0 Å². The smallest absolute Gasteiger partial charge is 0.243 e. The van der Waals surface area contributed by atoms with E-state index in [-0.39, 0.29) is 4.90 Å². The molecule has 3 rings (SSSR count). The van der Waals surface area contributed by atoms with Crippen LogP contribution < -0.4 is 9.64 Å². The molecule has 7 heteroatoms. The Bertz CT molecular complexity index is 923. The van der Waals surface area contributed by atoms with Gasteiger partial charge in [0.05, 0.1) is 16.0 Å². The van der Waals surface area contributed by atoms with Crippen LogP contribution >= 0.6 is 15.9 Å². The SMILES string of the molecule is CCOc1cc(S(=O)(=O)N2CCN(c3cccc(C)c3C)CC2)ccc1Br. The average Bonchev–Trinajstić information content (AvgIpc) is 2.66. The highest BCUT2D eigenvalue weighted by molar-refractivity contribution is 9.10. The van der Waals surface area contributed by atoms with Crippen LogP contribution in [0.3, 0.4) is 0 Å². The lowest BCUT2D eigenvalue weighted by molar-refractivity contribution is 0.336. The van der Waals surface area contributed by atoms with E-state index in [1.54, 1.807) is 22.5 Å². The molecule has 0 N–H and O–H groups in total. The number of halogens is 1. The highest BCUT2D eigenvalue weighted by atomic mass is 79.9. The standard InChI is InChI=1S/C20H25BrN2O3S/c1-4-26-20-14-17(8-9-18(20)21)27(24,25)23-12-10-22(11-13-23)19-7-5-6-15(2)16(19)3/h5-9,14H,4,10-13H2,1-3H3. The van der Waals surface area contributed by atoms with Gasteiger partial charge in [0.15, 0.2) is 0 Å². The van der Waals surface area contributed by atoms with E-state index in [0.717, 1.165) is 4.47 Å². The maximum absolute atomic E-state index is 13.1. The molecule has 0 radical (unpaired) electrons. The lowest BCUT2D eigenvalue weighted by Gasteiger charge is -2.36. The molecule has 27 heavy (non-hydrogen) atoms. The van der Waals surface area contributed by atoms with Crippen LogP contribution in [0.2, 0.25) is 0 Å². The fourth-order valence-electron chi connectivity index (χ4n) is 3.31. The molecule has 0 aromatic heterocycles. The third-order valence-corrected chi connectivity index (χ3v) is 7.55. The Morgan fingerprint density at radius 3 is 2.44 bits per heavy atom. The van der Waals surface area contributed by atoms with Crippen molar-refractivity contribution in [2.45, 2.75) is 25.7 Å². The molecule has 0 spiro atoms. The van der Waals surface area contributed by atoms with Gasteiger partial charge in [0, 0.05) is 37.9 Å². The van der Waals surface area contributed by atoms with E-state index in [2.05, 4.69) is 52.9 Å². The molecule has 0 aliphatic carbocycles. The van der Waals surface area contributed by atoms with Crippen molar-refractivity contribution in [1.29, 1.82) is 0 Å². The van der Waals surface area contributed by atoms with E-state index in [0.29, 0.717) is 38.5 Å². The van der Waals surface area contributed by atoms with Crippen LogP contribution in [0.15, 0.2) is 45.8 Å². The minimum atomic E-state index is -3.54. The summed E-state index contributed by atoms with van der Waals surface area (Å²) in [6.07, 6.45) is 0. The lowest BCUT2D eigenvalue weighted by atomic mass is 10.1. The van der Waals surface area contributed by atoms with E-state index in [9.17, 15) is 8.42 Å². The second-order valence-corrected chi connectivity index (χ2v) is 9.43. The number of piperazine rings is 1. The van der Waals surface area contributed by atoms with Crippen molar-refractivity contribution < 1.29 is 13.2 Å². The molecule has 1 aliphatic rings. The normalized spacial score (nSPS) is 15.8. The van der Waals surface area contributed by atoms with Crippen molar-refractivity contribution >= 4 is 31.6 Å². The van der Waals surface area contributed by atoms with E-state index in [4.69, 9.17) is 4.74 Å². The van der Waals surface area contributed by atoms with E-state index in [1.807, 2.05) is 6.92 Å². The number of ether oxygens (including phenoxy) is 1. The number of aryl methyl sites for hydroxylation is 1. The maximum Gasteiger partial charge on any atom is 0.243 e. The average molecular weight is 453 g/mol. The summed E-state index contributed by atoms with van der Waals surface area (Å²) in [7, 11) is -3.54. The first-order valence-corrected chi connectivity index (χ1v) is 11.3. The number of hydrogen-bond acceptors (Lipinski definition) is 4. The zero-order valence-electron chi connectivity index (χ0n) is 15.9. The molecule has 0 saturated carbocycles. The summed E-state index contributed by atoms with van der Waals surface area (Å²) in [5.41, 5.74) is 3.69. The van der Waals surface area contributed by atoms with Crippen molar-refractivity contribution in [3.8, 4) is 5.75 Å². The van der Waals surface area contributed by atoms with Crippen LogP contribution in [-0.4, -0.2) is 45.5 Å². The highest BCUT2D eigenvalue weighted by Gasteiger charge is 2.29. The van der Waals surface area contributed by atoms with E-state index in [1.165, 1.54) is 16.8 Å². The van der Waals surface area contributed by atoms with E-state index >= 15 is 0 Å². The van der Waals surface area contributed by atoms with Crippen LogP contribution in [0.25, 0.3) is 0 Å². The summed E-state index contributed by atoms with van der Waals surface area (Å²) < 4.78 is 33.9. The molecule has 0 unspecified atom stereocenters. The van der Waals surface area contributed by atoms with E-state index < -0.39 is 10.0 Å². The van der Waals surface area contributed by atoms with Crippen molar-refractivity contribution in [2.75, 3.05) is 37.7 Å². The Kier molecular flexibility index (Phi) is 6.13. The number of rotatable bonds is 5. The minimum absolute atomic E-state index is 0.273. The second kappa shape index (κ2) is 8.20. The van der Waals surface area contributed by atoms with Crippen LogP contribution in [-0.2, 0) is 10.0 Å². The minimum Gasteiger partial charge on any atom is -0.493 e. The van der Waals surface area contributed by atoms with Crippen molar-refractivity contribution in [3.63, 3.8) is 0 Å². The predicted molar refractivity (Wildman–Crippen MR) is 112 cm³/mol. The van der Waals surface area contributed by atoms with Gasteiger partial charge in [0.2, 0.25) is 10.0 Å². The Morgan fingerprint density at radius 2 is 1.78 bits per heavy atom. The monoisotopic (exact) mass is 452 g/mol. The van der Waals surface area contributed by atoms with Crippen LogP contribution in [0.5, 0.6) is 5.75 Å². The molecular weight excluding hydrogens is 428 g/mol. The van der Waals surface area contributed by atoms with Gasteiger partial charge in [-0.2, -0.15) is 4.31 Å². The zero-order valence-corrected chi connectivity index (χ0v) is 18.3. The van der Waals surface area contributed by atoms with Crippen molar-refractivity contribution in [1.82, 2.24) is 4.31 Å².